The van der Waals surface area contributed by atoms with Crippen molar-refractivity contribution >= 4 is 11.6 Å². The van der Waals surface area contributed by atoms with Gasteiger partial charge in [0.15, 0.2) is 11.5 Å². The van der Waals surface area contributed by atoms with Gasteiger partial charge < -0.3 is 14.8 Å². The highest BCUT2D eigenvalue weighted by molar-refractivity contribution is 6.33. The van der Waals surface area contributed by atoms with Crippen molar-refractivity contribution in [1.29, 1.82) is 0 Å². The maximum Gasteiger partial charge on any atom is 0.180 e. The number of hydrogen-bond donors (Lipinski definition) is 1. The monoisotopic (exact) mass is 253 g/mol. The lowest BCUT2D eigenvalue weighted by molar-refractivity contribution is 0.171. The molecule has 0 atom stereocenters. The fourth-order valence-corrected chi connectivity index (χ4v) is 2.91. The highest BCUT2D eigenvalue weighted by atomic mass is 35.5. The number of fused-ring (bicyclic) bond motifs is 1. The summed E-state index contributed by atoms with van der Waals surface area (Å²) in [4.78, 5) is 0. The molecule has 2 heterocycles. The molecule has 1 aromatic carbocycles. The predicted octanol–water partition coefficient (Wildman–Crippen LogP) is 2.58. The van der Waals surface area contributed by atoms with Gasteiger partial charge in [-0.25, -0.2) is 0 Å². The summed E-state index contributed by atoms with van der Waals surface area (Å²) >= 11 is 6.43. The molecule has 0 saturated carbocycles. The van der Waals surface area contributed by atoms with Crippen molar-refractivity contribution in [3.05, 3.63) is 22.7 Å². The quantitative estimate of drug-likeness (QED) is 0.835. The minimum Gasteiger partial charge on any atom is -0.486 e. The lowest BCUT2D eigenvalue weighted by Crippen LogP contribution is -2.27. The Labute approximate surface area is 106 Å². The fourth-order valence-electron chi connectivity index (χ4n) is 2.55. The van der Waals surface area contributed by atoms with Gasteiger partial charge in [-0.05, 0) is 43.5 Å². The topological polar surface area (TPSA) is 30.5 Å². The van der Waals surface area contributed by atoms with Crippen LogP contribution in [0.5, 0.6) is 11.5 Å². The van der Waals surface area contributed by atoms with Crippen LogP contribution >= 0.6 is 11.6 Å². The Bertz CT molecular complexity index is 416. The highest BCUT2D eigenvalue weighted by Gasteiger charge is 2.23. The lowest BCUT2D eigenvalue weighted by Gasteiger charge is -2.26. The van der Waals surface area contributed by atoms with E-state index in [0.717, 1.165) is 42.5 Å². The van der Waals surface area contributed by atoms with Gasteiger partial charge in [-0.3, -0.25) is 0 Å². The summed E-state index contributed by atoms with van der Waals surface area (Å²) in [5.74, 6) is 2.05. The molecule has 1 aromatic rings. The number of halogens is 1. The maximum absolute atomic E-state index is 6.43. The molecule has 0 bridgehead atoms. The number of benzene rings is 1. The Morgan fingerprint density at radius 1 is 1.12 bits per heavy atom. The van der Waals surface area contributed by atoms with Crippen LogP contribution in [0.25, 0.3) is 0 Å². The standard InChI is InChI=1S/C13H16ClNO2/c14-12-10(9-3-5-15-6-4-9)1-2-11-13(12)17-8-7-16-11/h1-2,9,15H,3-8H2. The van der Waals surface area contributed by atoms with Crippen LogP contribution in [-0.2, 0) is 0 Å². The molecule has 1 fully saturated rings. The predicted molar refractivity (Wildman–Crippen MR) is 67.3 cm³/mol. The van der Waals surface area contributed by atoms with Crippen molar-refractivity contribution < 1.29 is 9.47 Å². The van der Waals surface area contributed by atoms with Crippen molar-refractivity contribution in [2.45, 2.75) is 18.8 Å². The van der Waals surface area contributed by atoms with E-state index in [1.165, 1.54) is 5.56 Å². The number of ether oxygens (including phenoxy) is 2. The van der Waals surface area contributed by atoms with Gasteiger partial charge in [-0.2, -0.15) is 0 Å². The second-order valence-electron chi connectivity index (χ2n) is 4.52. The number of hydrogen-bond acceptors (Lipinski definition) is 3. The molecule has 3 rings (SSSR count). The smallest absolute Gasteiger partial charge is 0.180 e. The first-order valence-electron chi connectivity index (χ1n) is 6.15. The summed E-state index contributed by atoms with van der Waals surface area (Å²) in [7, 11) is 0. The minimum atomic E-state index is 0.541. The van der Waals surface area contributed by atoms with Crippen LogP contribution in [0.15, 0.2) is 12.1 Å². The summed E-state index contributed by atoms with van der Waals surface area (Å²) in [6.45, 7) is 3.32. The normalized spacial score (nSPS) is 20.3. The van der Waals surface area contributed by atoms with E-state index in [0.29, 0.717) is 19.1 Å². The fraction of sp³-hybridized carbons (Fsp3) is 0.538. The first-order chi connectivity index (χ1) is 8.36. The first kappa shape index (κ1) is 11.2. The molecule has 0 aromatic heterocycles. The third kappa shape index (κ3) is 2.09. The van der Waals surface area contributed by atoms with Gasteiger partial charge in [-0.15, -0.1) is 0 Å². The van der Waals surface area contributed by atoms with E-state index in [1.54, 1.807) is 0 Å². The Kier molecular flexibility index (Phi) is 3.12. The van der Waals surface area contributed by atoms with Crippen molar-refractivity contribution in [1.82, 2.24) is 5.32 Å². The molecule has 4 heteroatoms. The van der Waals surface area contributed by atoms with E-state index in [4.69, 9.17) is 21.1 Å². The average molecular weight is 254 g/mol. The van der Waals surface area contributed by atoms with Crippen molar-refractivity contribution in [2.75, 3.05) is 26.3 Å². The molecule has 1 N–H and O–H groups in total. The van der Waals surface area contributed by atoms with Gasteiger partial charge in [0.2, 0.25) is 0 Å². The van der Waals surface area contributed by atoms with Crippen LogP contribution in [0.3, 0.4) is 0 Å². The molecule has 92 valence electrons. The zero-order valence-electron chi connectivity index (χ0n) is 9.67. The molecular weight excluding hydrogens is 238 g/mol. The molecule has 0 radical (unpaired) electrons. The minimum absolute atomic E-state index is 0.541. The maximum atomic E-state index is 6.43. The number of nitrogens with one attached hydrogen (secondary N) is 1. The first-order valence-corrected chi connectivity index (χ1v) is 6.53. The molecular formula is C13H16ClNO2. The average Bonchev–Trinajstić information content (AvgIpc) is 2.40. The van der Waals surface area contributed by atoms with Crippen LogP contribution in [0.1, 0.15) is 24.3 Å². The van der Waals surface area contributed by atoms with E-state index in [9.17, 15) is 0 Å². The van der Waals surface area contributed by atoms with Crippen LogP contribution in [0.4, 0.5) is 0 Å². The van der Waals surface area contributed by atoms with Crippen LogP contribution in [-0.4, -0.2) is 26.3 Å². The molecule has 17 heavy (non-hydrogen) atoms. The van der Waals surface area contributed by atoms with E-state index in [-0.39, 0.29) is 0 Å². The SMILES string of the molecule is Clc1c(C2CCNCC2)ccc2c1OCCO2. The molecule has 0 spiro atoms. The van der Waals surface area contributed by atoms with Crippen LogP contribution in [0.2, 0.25) is 5.02 Å². The summed E-state index contributed by atoms with van der Waals surface area (Å²) < 4.78 is 11.1. The molecule has 0 unspecified atom stereocenters. The second-order valence-corrected chi connectivity index (χ2v) is 4.90. The highest BCUT2D eigenvalue weighted by Crippen LogP contribution is 2.43. The van der Waals surface area contributed by atoms with Gasteiger partial charge >= 0.3 is 0 Å². The Balaban J connectivity index is 1.94. The van der Waals surface area contributed by atoms with Crippen molar-refractivity contribution in [3.63, 3.8) is 0 Å². The lowest BCUT2D eigenvalue weighted by atomic mass is 9.90. The molecule has 1 saturated heterocycles. The van der Waals surface area contributed by atoms with Crippen LogP contribution in [0, 0.1) is 0 Å². The summed E-state index contributed by atoms with van der Waals surface area (Å²) in [5.41, 5.74) is 1.21. The molecule has 2 aliphatic heterocycles. The van der Waals surface area contributed by atoms with E-state index in [1.807, 2.05) is 6.07 Å². The molecule has 2 aliphatic rings. The van der Waals surface area contributed by atoms with Gasteiger partial charge in [0.05, 0.1) is 5.02 Å². The van der Waals surface area contributed by atoms with E-state index < -0.39 is 0 Å². The molecule has 0 amide bonds. The Morgan fingerprint density at radius 3 is 2.71 bits per heavy atom. The van der Waals surface area contributed by atoms with Gasteiger partial charge in [0.1, 0.15) is 13.2 Å². The largest absolute Gasteiger partial charge is 0.486 e. The van der Waals surface area contributed by atoms with Gasteiger partial charge in [-0.1, -0.05) is 17.7 Å². The summed E-state index contributed by atoms with van der Waals surface area (Å²) in [5, 5.41) is 4.11. The van der Waals surface area contributed by atoms with Crippen molar-refractivity contribution in [3.8, 4) is 11.5 Å². The van der Waals surface area contributed by atoms with E-state index >= 15 is 0 Å². The third-order valence-corrected chi connectivity index (χ3v) is 3.85. The Hall–Kier alpha value is -0.930. The second kappa shape index (κ2) is 4.75. The summed E-state index contributed by atoms with van der Waals surface area (Å²) in [6.07, 6.45) is 2.28. The number of piperidine rings is 1. The third-order valence-electron chi connectivity index (χ3n) is 3.46. The Morgan fingerprint density at radius 2 is 1.88 bits per heavy atom. The molecule has 0 aliphatic carbocycles. The number of rotatable bonds is 1. The van der Waals surface area contributed by atoms with Gasteiger partial charge in [0.25, 0.3) is 0 Å². The van der Waals surface area contributed by atoms with Crippen LogP contribution < -0.4 is 14.8 Å². The zero-order chi connectivity index (χ0) is 11.7. The zero-order valence-corrected chi connectivity index (χ0v) is 10.4. The van der Waals surface area contributed by atoms with Gasteiger partial charge in [0, 0.05) is 0 Å². The summed E-state index contributed by atoms with van der Waals surface area (Å²) in [6, 6.07) is 4.07. The van der Waals surface area contributed by atoms with E-state index in [2.05, 4.69) is 11.4 Å². The molecule has 3 nitrogen and oxygen atoms in total. The van der Waals surface area contributed by atoms with Crippen molar-refractivity contribution in [2.24, 2.45) is 0 Å².